The van der Waals surface area contributed by atoms with Gasteiger partial charge in [0.2, 0.25) is 0 Å². The molecule has 0 spiro atoms. The van der Waals surface area contributed by atoms with E-state index in [0.29, 0.717) is 29.1 Å². The predicted octanol–water partition coefficient (Wildman–Crippen LogP) is 2.54. The van der Waals surface area contributed by atoms with Crippen LogP contribution in [-0.2, 0) is 4.74 Å². The van der Waals surface area contributed by atoms with E-state index in [1.807, 2.05) is 19.1 Å². The molecular weight excluding hydrogens is 312 g/mol. The summed E-state index contributed by atoms with van der Waals surface area (Å²) < 4.78 is 5.77. The van der Waals surface area contributed by atoms with Gasteiger partial charge in [0.25, 0.3) is 5.91 Å². The number of anilines is 2. The Morgan fingerprint density at radius 2 is 2.13 bits per heavy atom. The Balaban J connectivity index is 1.77. The summed E-state index contributed by atoms with van der Waals surface area (Å²) in [7, 11) is 0. The molecule has 1 fully saturated rings. The van der Waals surface area contributed by atoms with Crippen molar-refractivity contribution < 1.29 is 9.53 Å². The molecule has 2 aromatic heterocycles. The highest BCUT2D eigenvalue weighted by Gasteiger charge is 2.15. The molecule has 0 unspecified atom stereocenters. The first-order valence-electron chi connectivity index (χ1n) is 7.44. The number of hydrogen-bond donors (Lipinski definition) is 2. The summed E-state index contributed by atoms with van der Waals surface area (Å²) in [6.07, 6.45) is 1.70. The zero-order chi connectivity index (χ0) is 16.2. The molecule has 120 valence electrons. The number of aromatic amines is 1. The smallest absolute Gasteiger partial charge is 0.258 e. The Hall–Kier alpha value is -2.25. The van der Waals surface area contributed by atoms with Crippen molar-refractivity contribution in [3.05, 3.63) is 46.4 Å². The number of nitrogens with one attached hydrogen (secondary N) is 2. The number of aromatic nitrogens is 2. The summed E-state index contributed by atoms with van der Waals surface area (Å²) in [5.41, 5.74) is 1.90. The van der Waals surface area contributed by atoms with Gasteiger partial charge in [-0.1, -0.05) is 12.2 Å². The number of nitrogens with zero attached hydrogens (tertiary/aromatic N) is 2. The zero-order valence-electron chi connectivity index (χ0n) is 12.8. The normalized spacial score (nSPS) is 14.6. The van der Waals surface area contributed by atoms with Gasteiger partial charge in [-0.15, -0.1) is 0 Å². The van der Waals surface area contributed by atoms with Crippen LogP contribution in [0.3, 0.4) is 0 Å². The predicted molar refractivity (Wildman–Crippen MR) is 91.6 cm³/mol. The molecule has 3 heterocycles. The van der Waals surface area contributed by atoms with E-state index in [1.54, 1.807) is 18.3 Å². The van der Waals surface area contributed by atoms with Crippen LogP contribution in [0.25, 0.3) is 0 Å². The second-order valence-corrected chi connectivity index (χ2v) is 5.68. The maximum atomic E-state index is 12.3. The quantitative estimate of drug-likeness (QED) is 0.846. The van der Waals surface area contributed by atoms with E-state index >= 15 is 0 Å². The lowest BCUT2D eigenvalue weighted by atomic mass is 10.2. The molecule has 0 saturated carbocycles. The van der Waals surface area contributed by atoms with Gasteiger partial charge in [0, 0.05) is 19.3 Å². The number of aryl methyl sites for hydroxylation is 1. The summed E-state index contributed by atoms with van der Waals surface area (Å²) >= 11 is 5.13. The minimum atomic E-state index is -0.240. The molecule has 0 atom stereocenters. The highest BCUT2D eigenvalue weighted by Crippen LogP contribution is 2.20. The lowest BCUT2D eigenvalue weighted by Gasteiger charge is -2.28. The average Bonchev–Trinajstić information content (AvgIpc) is 2.58. The van der Waals surface area contributed by atoms with Crippen LogP contribution in [0.15, 0.2) is 30.5 Å². The third-order valence-electron chi connectivity index (χ3n) is 3.72. The molecule has 0 aliphatic carbocycles. The third-order valence-corrected chi connectivity index (χ3v) is 4.05. The fourth-order valence-corrected chi connectivity index (χ4v) is 2.67. The van der Waals surface area contributed by atoms with E-state index in [4.69, 9.17) is 17.0 Å². The number of carbonyl (C=O) groups excluding carboxylic acids is 1. The molecule has 1 aliphatic rings. The molecule has 0 aromatic carbocycles. The Bertz CT molecular complexity index is 769. The molecule has 1 aliphatic heterocycles. The van der Waals surface area contributed by atoms with Crippen LogP contribution in [0.4, 0.5) is 11.5 Å². The largest absolute Gasteiger partial charge is 0.378 e. The van der Waals surface area contributed by atoms with Crippen molar-refractivity contribution in [3.8, 4) is 0 Å². The first-order chi connectivity index (χ1) is 11.1. The van der Waals surface area contributed by atoms with Crippen LogP contribution in [-0.4, -0.2) is 42.2 Å². The fraction of sp³-hybridized carbons (Fsp3) is 0.312. The SMILES string of the molecule is Cc1nc(N2CCOCC2)ccc1NC(=O)c1ccc[nH]c1=S. The van der Waals surface area contributed by atoms with Gasteiger partial charge in [-0.2, -0.15) is 0 Å². The average molecular weight is 330 g/mol. The maximum Gasteiger partial charge on any atom is 0.258 e. The first kappa shape index (κ1) is 15.6. The van der Waals surface area contributed by atoms with Crippen LogP contribution < -0.4 is 10.2 Å². The fourth-order valence-electron chi connectivity index (χ4n) is 2.44. The van der Waals surface area contributed by atoms with E-state index < -0.39 is 0 Å². The summed E-state index contributed by atoms with van der Waals surface area (Å²) in [4.78, 5) is 21.9. The van der Waals surface area contributed by atoms with E-state index in [0.717, 1.165) is 24.6 Å². The van der Waals surface area contributed by atoms with Crippen molar-refractivity contribution in [2.24, 2.45) is 0 Å². The minimum Gasteiger partial charge on any atom is -0.378 e. The Morgan fingerprint density at radius 3 is 2.83 bits per heavy atom. The van der Waals surface area contributed by atoms with Gasteiger partial charge in [-0.3, -0.25) is 4.79 Å². The summed E-state index contributed by atoms with van der Waals surface area (Å²) in [6, 6.07) is 7.23. The molecule has 23 heavy (non-hydrogen) atoms. The Morgan fingerprint density at radius 1 is 1.35 bits per heavy atom. The second-order valence-electron chi connectivity index (χ2n) is 5.27. The standard InChI is InChI=1S/C16H18N4O2S/c1-11-13(19-15(21)12-3-2-6-17-16(12)23)4-5-14(18-11)20-7-9-22-10-8-20/h2-6H,7-10H2,1H3,(H,17,23)(H,19,21). The van der Waals surface area contributed by atoms with Crippen LogP contribution in [0.2, 0.25) is 0 Å². The van der Waals surface area contributed by atoms with Crippen molar-refractivity contribution in [1.29, 1.82) is 0 Å². The van der Waals surface area contributed by atoms with Crippen molar-refractivity contribution in [3.63, 3.8) is 0 Å². The number of amides is 1. The van der Waals surface area contributed by atoms with Gasteiger partial charge in [-0.25, -0.2) is 4.98 Å². The minimum absolute atomic E-state index is 0.240. The van der Waals surface area contributed by atoms with E-state index in [2.05, 4.69) is 20.2 Å². The number of pyridine rings is 2. The van der Waals surface area contributed by atoms with E-state index in [9.17, 15) is 4.79 Å². The van der Waals surface area contributed by atoms with Crippen LogP contribution >= 0.6 is 12.2 Å². The molecule has 7 heteroatoms. The van der Waals surface area contributed by atoms with Gasteiger partial charge >= 0.3 is 0 Å². The van der Waals surface area contributed by atoms with Crippen molar-refractivity contribution in [1.82, 2.24) is 9.97 Å². The maximum absolute atomic E-state index is 12.3. The van der Waals surface area contributed by atoms with Gasteiger partial charge < -0.3 is 19.9 Å². The molecule has 1 amide bonds. The van der Waals surface area contributed by atoms with E-state index in [1.165, 1.54) is 0 Å². The van der Waals surface area contributed by atoms with Gasteiger partial charge in [0.15, 0.2) is 0 Å². The number of carbonyl (C=O) groups is 1. The molecule has 6 nitrogen and oxygen atoms in total. The van der Waals surface area contributed by atoms with E-state index in [-0.39, 0.29) is 5.91 Å². The molecule has 0 radical (unpaired) electrons. The number of H-pyrrole nitrogens is 1. The zero-order valence-corrected chi connectivity index (χ0v) is 13.7. The van der Waals surface area contributed by atoms with Crippen LogP contribution in [0.5, 0.6) is 0 Å². The summed E-state index contributed by atoms with van der Waals surface area (Å²) in [6.45, 7) is 4.97. The lowest BCUT2D eigenvalue weighted by molar-refractivity contribution is 0.102. The molecule has 2 N–H and O–H groups in total. The number of rotatable bonds is 3. The molecular formula is C16H18N4O2S. The van der Waals surface area contributed by atoms with Gasteiger partial charge in [0.1, 0.15) is 10.5 Å². The summed E-state index contributed by atoms with van der Waals surface area (Å²) in [5.74, 6) is 0.664. The van der Waals surface area contributed by atoms with Gasteiger partial charge in [-0.05, 0) is 31.2 Å². The molecule has 0 bridgehead atoms. The Labute approximate surface area is 139 Å². The first-order valence-corrected chi connectivity index (χ1v) is 7.85. The van der Waals surface area contributed by atoms with Crippen LogP contribution in [0.1, 0.15) is 16.1 Å². The molecule has 2 aromatic rings. The monoisotopic (exact) mass is 330 g/mol. The molecule has 1 saturated heterocycles. The number of ether oxygens (including phenoxy) is 1. The third kappa shape index (κ3) is 3.57. The second kappa shape index (κ2) is 6.89. The van der Waals surface area contributed by atoms with Crippen LogP contribution in [0, 0.1) is 11.6 Å². The lowest BCUT2D eigenvalue weighted by Crippen LogP contribution is -2.36. The summed E-state index contributed by atoms with van der Waals surface area (Å²) in [5, 5.41) is 2.87. The topological polar surface area (TPSA) is 70.2 Å². The highest BCUT2D eigenvalue weighted by molar-refractivity contribution is 7.71. The Kier molecular flexibility index (Phi) is 4.68. The van der Waals surface area contributed by atoms with Gasteiger partial charge in [0.05, 0.1) is 30.2 Å². The highest BCUT2D eigenvalue weighted by atomic mass is 32.1. The van der Waals surface area contributed by atoms with Crippen molar-refractivity contribution in [2.75, 3.05) is 36.5 Å². The number of morpholine rings is 1. The van der Waals surface area contributed by atoms with Crippen molar-refractivity contribution in [2.45, 2.75) is 6.92 Å². The van der Waals surface area contributed by atoms with Crippen molar-refractivity contribution >= 4 is 29.6 Å². The molecule has 3 rings (SSSR count). The number of hydrogen-bond acceptors (Lipinski definition) is 5.